The van der Waals surface area contributed by atoms with Gasteiger partial charge >= 0.3 is 0 Å². The average Bonchev–Trinajstić information content (AvgIpc) is 2.97. The van der Waals surface area contributed by atoms with Crippen molar-refractivity contribution in [3.05, 3.63) is 29.3 Å². The summed E-state index contributed by atoms with van der Waals surface area (Å²) < 4.78 is 0. The van der Waals surface area contributed by atoms with Crippen molar-refractivity contribution in [2.24, 2.45) is 11.8 Å². The molecule has 24 heavy (non-hydrogen) atoms. The lowest BCUT2D eigenvalue weighted by molar-refractivity contribution is -0.126. The molecule has 1 heterocycles. The second-order valence-electron chi connectivity index (χ2n) is 6.54. The number of carbonyl (C=O) groups is 2. The standard InChI is InChI=1S/C19H27ClN2O2/c1-3-5-6-14(4-2)12-21-19(24)15-11-18(23)22(13-15)17-9-7-16(20)8-10-17/h7-10,14-15H,3-6,11-13H2,1-2H3,(H,21,24). The average molecular weight is 351 g/mol. The maximum absolute atomic E-state index is 12.4. The van der Waals surface area contributed by atoms with E-state index in [1.807, 2.05) is 12.1 Å². The summed E-state index contributed by atoms with van der Waals surface area (Å²) in [7, 11) is 0. The van der Waals surface area contributed by atoms with E-state index in [1.165, 1.54) is 12.8 Å². The Balaban J connectivity index is 1.88. The zero-order chi connectivity index (χ0) is 17.5. The van der Waals surface area contributed by atoms with Gasteiger partial charge < -0.3 is 10.2 Å². The molecule has 1 N–H and O–H groups in total. The maximum Gasteiger partial charge on any atom is 0.227 e. The van der Waals surface area contributed by atoms with Crippen molar-refractivity contribution in [1.29, 1.82) is 0 Å². The summed E-state index contributed by atoms with van der Waals surface area (Å²) in [6.45, 7) is 5.49. The summed E-state index contributed by atoms with van der Waals surface area (Å²) in [5, 5.41) is 3.68. The lowest BCUT2D eigenvalue weighted by atomic mass is 9.99. The number of hydrogen-bond donors (Lipinski definition) is 1. The zero-order valence-corrected chi connectivity index (χ0v) is 15.3. The molecule has 0 saturated carbocycles. The van der Waals surface area contributed by atoms with Crippen molar-refractivity contribution >= 4 is 29.1 Å². The Morgan fingerprint density at radius 1 is 1.33 bits per heavy atom. The van der Waals surface area contributed by atoms with Crippen LogP contribution in [0.2, 0.25) is 5.02 Å². The van der Waals surface area contributed by atoms with E-state index < -0.39 is 0 Å². The third-order valence-electron chi connectivity index (χ3n) is 4.74. The summed E-state index contributed by atoms with van der Waals surface area (Å²) in [6.07, 6.45) is 4.87. The minimum atomic E-state index is -0.267. The third-order valence-corrected chi connectivity index (χ3v) is 4.99. The number of halogens is 1. The number of rotatable bonds is 8. The highest BCUT2D eigenvalue weighted by Crippen LogP contribution is 2.26. The molecular weight excluding hydrogens is 324 g/mol. The van der Waals surface area contributed by atoms with Crippen molar-refractivity contribution in [2.75, 3.05) is 18.0 Å². The predicted molar refractivity (Wildman–Crippen MR) is 98.2 cm³/mol. The molecule has 2 unspecified atom stereocenters. The van der Waals surface area contributed by atoms with E-state index in [2.05, 4.69) is 19.2 Å². The number of nitrogens with one attached hydrogen (secondary N) is 1. The van der Waals surface area contributed by atoms with E-state index in [9.17, 15) is 9.59 Å². The molecule has 1 aliphatic rings. The molecule has 5 heteroatoms. The Labute approximate surface area is 149 Å². The van der Waals surface area contributed by atoms with Gasteiger partial charge in [-0.15, -0.1) is 0 Å². The van der Waals surface area contributed by atoms with Crippen LogP contribution in [-0.2, 0) is 9.59 Å². The fraction of sp³-hybridized carbons (Fsp3) is 0.579. The zero-order valence-electron chi connectivity index (χ0n) is 14.6. The Bertz CT molecular complexity index is 559. The molecular formula is C19H27ClN2O2. The normalized spacial score (nSPS) is 18.7. The molecule has 2 amide bonds. The molecule has 0 aliphatic carbocycles. The molecule has 2 rings (SSSR count). The molecule has 1 aromatic rings. The van der Waals surface area contributed by atoms with Crippen LogP contribution < -0.4 is 10.2 Å². The van der Waals surface area contributed by atoms with Crippen LogP contribution in [0.25, 0.3) is 0 Å². The summed E-state index contributed by atoms with van der Waals surface area (Å²) in [5.74, 6) is 0.250. The van der Waals surface area contributed by atoms with Crippen LogP contribution in [0.15, 0.2) is 24.3 Å². The molecule has 1 aromatic carbocycles. The molecule has 132 valence electrons. The Kier molecular flexibility index (Phi) is 7.10. The van der Waals surface area contributed by atoms with Crippen molar-refractivity contribution < 1.29 is 9.59 Å². The van der Waals surface area contributed by atoms with Gasteiger partial charge in [-0.3, -0.25) is 9.59 Å². The van der Waals surface area contributed by atoms with Gasteiger partial charge in [-0.05, 0) is 36.6 Å². The van der Waals surface area contributed by atoms with E-state index in [0.29, 0.717) is 24.0 Å². The molecule has 1 saturated heterocycles. The molecule has 0 aromatic heterocycles. The number of benzene rings is 1. The first kappa shape index (κ1) is 18.8. The SMILES string of the molecule is CCCCC(CC)CNC(=O)C1CC(=O)N(c2ccc(Cl)cc2)C1. The van der Waals surface area contributed by atoms with Crippen LogP contribution in [0.5, 0.6) is 0 Å². The summed E-state index contributed by atoms with van der Waals surface area (Å²) in [6, 6.07) is 7.16. The molecule has 2 atom stereocenters. The van der Waals surface area contributed by atoms with E-state index in [0.717, 1.165) is 18.5 Å². The Morgan fingerprint density at radius 3 is 2.67 bits per heavy atom. The van der Waals surface area contributed by atoms with Crippen LogP contribution in [0.1, 0.15) is 46.0 Å². The molecule has 1 fully saturated rings. The summed E-state index contributed by atoms with van der Waals surface area (Å²) in [5.41, 5.74) is 0.800. The minimum Gasteiger partial charge on any atom is -0.356 e. The summed E-state index contributed by atoms with van der Waals surface area (Å²) in [4.78, 5) is 26.3. The molecule has 4 nitrogen and oxygen atoms in total. The topological polar surface area (TPSA) is 49.4 Å². The molecule has 0 spiro atoms. The Hall–Kier alpha value is -1.55. The maximum atomic E-state index is 12.4. The minimum absolute atomic E-state index is 0.00417. The van der Waals surface area contributed by atoms with Crippen LogP contribution in [0, 0.1) is 11.8 Å². The highest BCUT2D eigenvalue weighted by atomic mass is 35.5. The molecule has 1 aliphatic heterocycles. The highest BCUT2D eigenvalue weighted by Gasteiger charge is 2.35. The monoisotopic (exact) mass is 350 g/mol. The lowest BCUT2D eigenvalue weighted by Crippen LogP contribution is -2.35. The fourth-order valence-electron chi connectivity index (χ4n) is 3.09. The first-order valence-electron chi connectivity index (χ1n) is 8.88. The fourth-order valence-corrected chi connectivity index (χ4v) is 3.21. The van der Waals surface area contributed by atoms with Gasteiger partial charge in [-0.2, -0.15) is 0 Å². The van der Waals surface area contributed by atoms with E-state index in [1.54, 1.807) is 17.0 Å². The van der Waals surface area contributed by atoms with Gasteiger partial charge in [0.1, 0.15) is 0 Å². The summed E-state index contributed by atoms with van der Waals surface area (Å²) >= 11 is 5.89. The van der Waals surface area contributed by atoms with E-state index >= 15 is 0 Å². The van der Waals surface area contributed by atoms with Crippen molar-refractivity contribution in [3.8, 4) is 0 Å². The predicted octanol–water partition coefficient (Wildman–Crippen LogP) is 4.03. The third kappa shape index (κ3) is 4.97. The smallest absolute Gasteiger partial charge is 0.227 e. The molecule has 0 bridgehead atoms. The van der Waals surface area contributed by atoms with Gasteiger partial charge in [0, 0.05) is 30.2 Å². The van der Waals surface area contributed by atoms with Gasteiger partial charge in [-0.25, -0.2) is 0 Å². The number of anilines is 1. The Morgan fingerprint density at radius 2 is 2.04 bits per heavy atom. The second-order valence-corrected chi connectivity index (χ2v) is 6.98. The van der Waals surface area contributed by atoms with Gasteiger partial charge in [-0.1, -0.05) is 44.7 Å². The number of carbonyl (C=O) groups excluding carboxylic acids is 2. The molecule has 0 radical (unpaired) electrons. The van der Waals surface area contributed by atoms with Crippen LogP contribution >= 0.6 is 11.6 Å². The van der Waals surface area contributed by atoms with Gasteiger partial charge in [0.15, 0.2) is 0 Å². The van der Waals surface area contributed by atoms with Crippen molar-refractivity contribution in [3.63, 3.8) is 0 Å². The van der Waals surface area contributed by atoms with Crippen LogP contribution in [0.4, 0.5) is 5.69 Å². The number of unbranched alkanes of at least 4 members (excludes halogenated alkanes) is 1. The van der Waals surface area contributed by atoms with E-state index in [-0.39, 0.29) is 24.2 Å². The number of hydrogen-bond acceptors (Lipinski definition) is 2. The quantitative estimate of drug-likeness (QED) is 0.769. The van der Waals surface area contributed by atoms with Gasteiger partial charge in [0.25, 0.3) is 0 Å². The first-order valence-corrected chi connectivity index (χ1v) is 9.26. The van der Waals surface area contributed by atoms with Gasteiger partial charge in [0.2, 0.25) is 11.8 Å². The highest BCUT2D eigenvalue weighted by molar-refractivity contribution is 6.30. The van der Waals surface area contributed by atoms with Gasteiger partial charge in [0.05, 0.1) is 5.92 Å². The van der Waals surface area contributed by atoms with E-state index in [4.69, 9.17) is 11.6 Å². The van der Waals surface area contributed by atoms with Crippen LogP contribution in [0.3, 0.4) is 0 Å². The first-order chi connectivity index (χ1) is 11.5. The number of nitrogens with zero attached hydrogens (tertiary/aromatic N) is 1. The largest absolute Gasteiger partial charge is 0.356 e. The van der Waals surface area contributed by atoms with Crippen LogP contribution in [-0.4, -0.2) is 24.9 Å². The second kappa shape index (κ2) is 9.07. The van der Waals surface area contributed by atoms with Crippen molar-refractivity contribution in [1.82, 2.24) is 5.32 Å². The number of amides is 2. The lowest BCUT2D eigenvalue weighted by Gasteiger charge is -2.18. The van der Waals surface area contributed by atoms with Crippen molar-refractivity contribution in [2.45, 2.75) is 46.0 Å².